The molecule has 1 saturated heterocycles. The number of carbonyl (C=O) groups excluding carboxylic acids is 1. The van der Waals surface area contributed by atoms with Crippen molar-refractivity contribution in [1.29, 1.82) is 0 Å². The van der Waals surface area contributed by atoms with Crippen LogP contribution in [0, 0.1) is 5.82 Å². The van der Waals surface area contributed by atoms with Gasteiger partial charge in [-0.25, -0.2) is 4.39 Å². The average molecular weight is 318 g/mol. The Morgan fingerprint density at radius 2 is 2.04 bits per heavy atom. The molecule has 0 saturated carbocycles. The number of hydrogen-bond donors (Lipinski definition) is 1. The van der Waals surface area contributed by atoms with Gasteiger partial charge in [0.1, 0.15) is 5.82 Å². The van der Waals surface area contributed by atoms with Gasteiger partial charge in [-0.15, -0.1) is 0 Å². The van der Waals surface area contributed by atoms with Crippen LogP contribution >= 0.6 is 0 Å². The first-order chi connectivity index (χ1) is 11.2. The smallest absolute Gasteiger partial charge is 0.258 e. The van der Waals surface area contributed by atoms with E-state index in [-0.39, 0.29) is 5.56 Å². The maximum absolute atomic E-state index is 13.6. The van der Waals surface area contributed by atoms with Gasteiger partial charge in [-0.05, 0) is 12.1 Å². The van der Waals surface area contributed by atoms with E-state index in [1.807, 2.05) is 0 Å². The van der Waals surface area contributed by atoms with Crippen LogP contribution in [0.4, 0.5) is 10.1 Å². The summed E-state index contributed by atoms with van der Waals surface area (Å²) in [4.78, 5) is 14.3. The Bertz CT molecular complexity index is 668. The molecule has 1 amide bonds. The summed E-state index contributed by atoms with van der Waals surface area (Å²) < 4.78 is 20.7. The molecule has 1 fully saturated rings. The molecular formula is C16H19FN4O2. The number of halogens is 1. The summed E-state index contributed by atoms with van der Waals surface area (Å²) >= 11 is 0. The minimum atomic E-state index is -0.537. The van der Waals surface area contributed by atoms with Gasteiger partial charge in [0.05, 0.1) is 37.2 Å². The highest BCUT2D eigenvalue weighted by atomic mass is 19.1. The fourth-order valence-electron chi connectivity index (χ4n) is 2.46. The third-order valence-corrected chi connectivity index (χ3v) is 3.76. The molecule has 1 aromatic heterocycles. The van der Waals surface area contributed by atoms with Gasteiger partial charge in [0.25, 0.3) is 5.91 Å². The number of amides is 1. The Morgan fingerprint density at radius 1 is 1.26 bits per heavy atom. The lowest BCUT2D eigenvalue weighted by Crippen LogP contribution is -2.38. The number of rotatable bonds is 5. The second kappa shape index (κ2) is 7.34. The van der Waals surface area contributed by atoms with Crippen LogP contribution in [0.3, 0.4) is 0 Å². The number of anilines is 1. The lowest BCUT2D eigenvalue weighted by molar-refractivity contribution is 0.0360. The van der Waals surface area contributed by atoms with Gasteiger partial charge in [-0.3, -0.25) is 14.4 Å². The van der Waals surface area contributed by atoms with E-state index in [0.29, 0.717) is 5.69 Å². The number of benzene rings is 1. The zero-order valence-corrected chi connectivity index (χ0v) is 12.7. The molecular weight excluding hydrogens is 299 g/mol. The molecule has 0 bridgehead atoms. The van der Waals surface area contributed by atoms with Crippen molar-refractivity contribution in [3.8, 4) is 0 Å². The van der Waals surface area contributed by atoms with E-state index in [0.717, 1.165) is 39.4 Å². The van der Waals surface area contributed by atoms with Crippen LogP contribution in [0.1, 0.15) is 10.4 Å². The summed E-state index contributed by atoms with van der Waals surface area (Å²) in [6, 6.07) is 5.90. The van der Waals surface area contributed by atoms with E-state index in [4.69, 9.17) is 4.74 Å². The predicted molar refractivity (Wildman–Crippen MR) is 83.8 cm³/mol. The van der Waals surface area contributed by atoms with E-state index < -0.39 is 11.7 Å². The number of carbonyl (C=O) groups is 1. The van der Waals surface area contributed by atoms with E-state index in [1.54, 1.807) is 29.2 Å². The first-order valence-electron chi connectivity index (χ1n) is 7.61. The number of hydrogen-bond acceptors (Lipinski definition) is 4. The van der Waals surface area contributed by atoms with Crippen LogP contribution in [-0.2, 0) is 11.3 Å². The molecule has 1 aromatic carbocycles. The molecule has 7 heteroatoms. The van der Waals surface area contributed by atoms with Crippen LogP contribution in [0.2, 0.25) is 0 Å². The average Bonchev–Trinajstić information content (AvgIpc) is 3.02. The molecule has 1 aliphatic heterocycles. The Kier molecular flexibility index (Phi) is 4.99. The minimum absolute atomic E-state index is 0.0218. The third kappa shape index (κ3) is 4.14. The van der Waals surface area contributed by atoms with E-state index in [9.17, 15) is 9.18 Å². The molecule has 0 atom stereocenters. The minimum Gasteiger partial charge on any atom is -0.379 e. The topological polar surface area (TPSA) is 59.4 Å². The number of morpholine rings is 1. The van der Waals surface area contributed by atoms with E-state index >= 15 is 0 Å². The molecule has 6 nitrogen and oxygen atoms in total. The van der Waals surface area contributed by atoms with Gasteiger partial charge in [-0.2, -0.15) is 5.10 Å². The SMILES string of the molecule is O=C(Nc1cnn(CCN2CCOCC2)c1)c1ccccc1F. The molecule has 0 aliphatic carbocycles. The van der Waals surface area contributed by atoms with Gasteiger partial charge in [-0.1, -0.05) is 12.1 Å². The van der Waals surface area contributed by atoms with Crippen molar-refractivity contribution in [3.63, 3.8) is 0 Å². The highest BCUT2D eigenvalue weighted by molar-refractivity contribution is 6.04. The zero-order chi connectivity index (χ0) is 16.1. The van der Waals surface area contributed by atoms with E-state index in [2.05, 4.69) is 15.3 Å². The number of nitrogens with zero attached hydrogens (tertiary/aromatic N) is 3. The standard InChI is InChI=1S/C16H19FN4O2/c17-15-4-2-1-3-14(15)16(22)19-13-11-18-21(12-13)6-5-20-7-9-23-10-8-20/h1-4,11-12H,5-10H2,(H,19,22). The maximum Gasteiger partial charge on any atom is 0.258 e. The molecule has 2 aromatic rings. The monoisotopic (exact) mass is 318 g/mol. The summed E-state index contributed by atoms with van der Waals surface area (Å²) in [6.45, 7) is 5.00. The molecule has 2 heterocycles. The van der Waals surface area contributed by atoms with Gasteiger partial charge < -0.3 is 10.1 Å². The first-order valence-corrected chi connectivity index (χ1v) is 7.61. The van der Waals surface area contributed by atoms with Crippen molar-refractivity contribution in [2.24, 2.45) is 0 Å². The number of ether oxygens (including phenoxy) is 1. The lowest BCUT2D eigenvalue weighted by Gasteiger charge is -2.26. The second-order valence-electron chi connectivity index (χ2n) is 5.38. The quantitative estimate of drug-likeness (QED) is 0.910. The molecule has 0 radical (unpaired) electrons. The fourth-order valence-corrected chi connectivity index (χ4v) is 2.46. The van der Waals surface area contributed by atoms with Crippen LogP contribution in [0.5, 0.6) is 0 Å². The van der Waals surface area contributed by atoms with Crippen molar-refractivity contribution in [1.82, 2.24) is 14.7 Å². The molecule has 1 aliphatic rings. The van der Waals surface area contributed by atoms with Crippen molar-refractivity contribution in [2.45, 2.75) is 6.54 Å². The Hall–Kier alpha value is -2.25. The molecule has 3 rings (SSSR count). The first kappa shape index (κ1) is 15.6. The van der Waals surface area contributed by atoms with Crippen molar-refractivity contribution in [3.05, 3.63) is 48.0 Å². The maximum atomic E-state index is 13.6. The summed E-state index contributed by atoms with van der Waals surface area (Å²) in [5.74, 6) is -1.01. The number of nitrogens with one attached hydrogen (secondary N) is 1. The third-order valence-electron chi connectivity index (χ3n) is 3.76. The highest BCUT2D eigenvalue weighted by Crippen LogP contribution is 2.11. The largest absolute Gasteiger partial charge is 0.379 e. The molecule has 1 N–H and O–H groups in total. The Balaban J connectivity index is 1.54. The van der Waals surface area contributed by atoms with Crippen LogP contribution < -0.4 is 5.32 Å². The summed E-state index contributed by atoms with van der Waals surface area (Å²) in [7, 11) is 0. The molecule has 122 valence electrons. The fraction of sp³-hybridized carbons (Fsp3) is 0.375. The van der Waals surface area contributed by atoms with Gasteiger partial charge >= 0.3 is 0 Å². The summed E-state index contributed by atoms with van der Waals surface area (Å²) in [5.41, 5.74) is 0.578. The summed E-state index contributed by atoms with van der Waals surface area (Å²) in [6.07, 6.45) is 3.32. The number of aromatic nitrogens is 2. The normalized spacial score (nSPS) is 15.5. The van der Waals surface area contributed by atoms with E-state index in [1.165, 1.54) is 12.1 Å². The van der Waals surface area contributed by atoms with Gasteiger partial charge in [0.2, 0.25) is 0 Å². The van der Waals surface area contributed by atoms with Crippen molar-refractivity contribution >= 4 is 11.6 Å². The van der Waals surface area contributed by atoms with Crippen LogP contribution in [0.25, 0.3) is 0 Å². The Labute approximate surface area is 133 Å². The van der Waals surface area contributed by atoms with Crippen molar-refractivity contribution < 1.29 is 13.9 Å². The van der Waals surface area contributed by atoms with Crippen LogP contribution in [0.15, 0.2) is 36.7 Å². The zero-order valence-electron chi connectivity index (χ0n) is 12.7. The predicted octanol–water partition coefficient (Wildman–Crippen LogP) is 1.61. The highest BCUT2D eigenvalue weighted by Gasteiger charge is 2.13. The molecule has 23 heavy (non-hydrogen) atoms. The van der Waals surface area contributed by atoms with Gasteiger partial charge in [0, 0.05) is 25.8 Å². The second-order valence-corrected chi connectivity index (χ2v) is 5.38. The van der Waals surface area contributed by atoms with Crippen molar-refractivity contribution in [2.75, 3.05) is 38.2 Å². The Morgan fingerprint density at radius 3 is 2.83 bits per heavy atom. The lowest BCUT2D eigenvalue weighted by atomic mass is 10.2. The van der Waals surface area contributed by atoms with Gasteiger partial charge in [0.15, 0.2) is 0 Å². The summed E-state index contributed by atoms with van der Waals surface area (Å²) in [5, 5.41) is 6.88. The molecule has 0 unspecified atom stereocenters. The molecule has 0 spiro atoms. The van der Waals surface area contributed by atoms with Crippen LogP contribution in [-0.4, -0.2) is 53.4 Å².